The summed E-state index contributed by atoms with van der Waals surface area (Å²) in [6.45, 7) is 4.12. The van der Waals surface area contributed by atoms with Crippen LogP contribution in [0.4, 0.5) is 5.69 Å². The number of hydrogen-bond acceptors (Lipinski definition) is 5. The molecule has 0 aliphatic rings. The van der Waals surface area contributed by atoms with E-state index in [0.717, 1.165) is 36.3 Å². The van der Waals surface area contributed by atoms with Crippen LogP contribution >= 0.6 is 0 Å². The van der Waals surface area contributed by atoms with E-state index in [1.54, 1.807) is 12.3 Å². The molecule has 0 fully saturated rings. The molecule has 0 bridgehead atoms. The zero-order valence-electron chi connectivity index (χ0n) is 15.7. The van der Waals surface area contributed by atoms with E-state index in [1.807, 2.05) is 12.2 Å². The first-order valence-electron chi connectivity index (χ1n) is 9.21. The number of rotatable bonds is 11. The van der Waals surface area contributed by atoms with E-state index in [2.05, 4.69) is 41.1 Å². The highest BCUT2D eigenvalue weighted by atomic mass is 16.5. The van der Waals surface area contributed by atoms with Gasteiger partial charge < -0.3 is 24.8 Å². The number of aromatic nitrogens is 1. The van der Waals surface area contributed by atoms with Crippen LogP contribution in [-0.4, -0.2) is 54.2 Å². The topological polar surface area (TPSA) is 85.8 Å². The zero-order chi connectivity index (χ0) is 19.5. The highest BCUT2D eigenvalue weighted by molar-refractivity contribution is 5.70. The first kappa shape index (κ1) is 20.9. The number of ether oxygens (including phenoxy) is 1. The van der Waals surface area contributed by atoms with Gasteiger partial charge in [0, 0.05) is 31.0 Å². The van der Waals surface area contributed by atoms with E-state index < -0.39 is 6.10 Å². The van der Waals surface area contributed by atoms with Gasteiger partial charge in [0.15, 0.2) is 0 Å². The van der Waals surface area contributed by atoms with Crippen LogP contribution in [-0.2, 0) is 4.74 Å². The summed E-state index contributed by atoms with van der Waals surface area (Å²) in [6, 6.07) is 11.5. The van der Waals surface area contributed by atoms with E-state index >= 15 is 0 Å². The van der Waals surface area contributed by atoms with Crippen molar-refractivity contribution in [2.75, 3.05) is 37.8 Å². The molecule has 6 nitrogen and oxygen atoms in total. The summed E-state index contributed by atoms with van der Waals surface area (Å²) in [6.07, 6.45) is 5.84. The quantitative estimate of drug-likeness (QED) is 0.526. The molecule has 6 heteroatoms. The third kappa shape index (κ3) is 7.38. The van der Waals surface area contributed by atoms with E-state index in [1.165, 1.54) is 6.07 Å². The lowest BCUT2D eigenvalue weighted by atomic mass is 10.1. The summed E-state index contributed by atoms with van der Waals surface area (Å²) < 4.78 is 5.42. The van der Waals surface area contributed by atoms with E-state index in [9.17, 15) is 9.90 Å². The fourth-order valence-electron chi connectivity index (χ4n) is 2.60. The van der Waals surface area contributed by atoms with Crippen molar-refractivity contribution in [3.05, 3.63) is 64.1 Å². The summed E-state index contributed by atoms with van der Waals surface area (Å²) >= 11 is 0. The van der Waals surface area contributed by atoms with Crippen LogP contribution in [0, 0.1) is 0 Å². The molecule has 0 saturated heterocycles. The molecule has 0 spiro atoms. The SMILES string of the molecule is CCCN(CCOCC(O)CO)c1ccc(/C=C/c2ccc(=O)[nH]c2)cc1. The van der Waals surface area contributed by atoms with Gasteiger partial charge >= 0.3 is 0 Å². The minimum absolute atomic E-state index is 0.109. The fourth-order valence-corrected chi connectivity index (χ4v) is 2.60. The highest BCUT2D eigenvalue weighted by Crippen LogP contribution is 2.17. The van der Waals surface area contributed by atoms with Crippen molar-refractivity contribution in [1.82, 2.24) is 4.98 Å². The van der Waals surface area contributed by atoms with Crippen LogP contribution in [0.1, 0.15) is 24.5 Å². The molecule has 1 heterocycles. The standard InChI is InChI=1S/C21H28N2O4/c1-2-11-23(12-13-27-16-20(25)15-24)19-8-5-17(6-9-19)3-4-18-7-10-21(26)22-14-18/h3-10,14,20,24-25H,2,11-13,15-16H2,1H3,(H,22,26)/b4-3+. The number of aliphatic hydroxyl groups excluding tert-OH is 2. The monoisotopic (exact) mass is 372 g/mol. The number of nitrogens with one attached hydrogen (secondary N) is 1. The zero-order valence-corrected chi connectivity index (χ0v) is 15.7. The molecule has 0 aliphatic carbocycles. The van der Waals surface area contributed by atoms with Gasteiger partial charge in [-0.15, -0.1) is 0 Å². The molecule has 27 heavy (non-hydrogen) atoms. The Morgan fingerprint density at radius 3 is 2.44 bits per heavy atom. The van der Waals surface area contributed by atoms with Crippen molar-refractivity contribution >= 4 is 17.8 Å². The van der Waals surface area contributed by atoms with Gasteiger partial charge in [-0.25, -0.2) is 0 Å². The average Bonchev–Trinajstić information content (AvgIpc) is 2.70. The van der Waals surface area contributed by atoms with Crippen LogP contribution in [0.5, 0.6) is 0 Å². The van der Waals surface area contributed by atoms with Crippen LogP contribution in [0.3, 0.4) is 0 Å². The number of aromatic amines is 1. The summed E-state index contributed by atoms with van der Waals surface area (Å²) in [5, 5.41) is 18.1. The van der Waals surface area contributed by atoms with Crippen molar-refractivity contribution in [3.8, 4) is 0 Å². The van der Waals surface area contributed by atoms with E-state index in [0.29, 0.717) is 6.61 Å². The van der Waals surface area contributed by atoms with Gasteiger partial charge in [0.25, 0.3) is 0 Å². The van der Waals surface area contributed by atoms with Gasteiger partial charge in [-0.05, 0) is 35.7 Å². The minimum atomic E-state index is -0.821. The molecule has 0 saturated carbocycles. The molecule has 2 rings (SSSR count). The normalized spacial score (nSPS) is 12.4. The molecule has 0 aliphatic heterocycles. The lowest BCUT2D eigenvalue weighted by Gasteiger charge is -2.24. The predicted octanol–water partition coefficient (Wildman–Crippen LogP) is 2.13. The van der Waals surface area contributed by atoms with Gasteiger partial charge in [0.05, 0.1) is 19.8 Å². The smallest absolute Gasteiger partial charge is 0.247 e. The fraction of sp³-hybridized carbons (Fsp3) is 0.381. The van der Waals surface area contributed by atoms with Gasteiger partial charge in [0.1, 0.15) is 6.10 Å². The number of H-pyrrole nitrogens is 1. The number of benzene rings is 1. The van der Waals surface area contributed by atoms with Crippen molar-refractivity contribution in [2.45, 2.75) is 19.4 Å². The van der Waals surface area contributed by atoms with Gasteiger partial charge in [-0.2, -0.15) is 0 Å². The molecule has 2 aromatic rings. The lowest BCUT2D eigenvalue weighted by molar-refractivity contribution is 0.00840. The minimum Gasteiger partial charge on any atom is -0.394 e. The maximum absolute atomic E-state index is 11.1. The molecule has 3 N–H and O–H groups in total. The Labute approximate surface area is 159 Å². The van der Waals surface area contributed by atoms with Gasteiger partial charge in [0.2, 0.25) is 5.56 Å². The molecule has 1 aromatic heterocycles. The molecule has 0 amide bonds. The second kappa shape index (κ2) is 11.3. The summed E-state index contributed by atoms with van der Waals surface area (Å²) in [4.78, 5) is 16.0. The van der Waals surface area contributed by atoms with Crippen molar-refractivity contribution in [1.29, 1.82) is 0 Å². The molecule has 146 valence electrons. The van der Waals surface area contributed by atoms with Crippen LogP contribution in [0.2, 0.25) is 0 Å². The molecule has 1 aromatic carbocycles. The van der Waals surface area contributed by atoms with Crippen molar-refractivity contribution in [2.24, 2.45) is 0 Å². The first-order valence-corrected chi connectivity index (χ1v) is 9.21. The predicted molar refractivity (Wildman–Crippen MR) is 109 cm³/mol. The van der Waals surface area contributed by atoms with Crippen molar-refractivity contribution < 1.29 is 14.9 Å². The third-order valence-corrected chi connectivity index (χ3v) is 4.05. The number of hydrogen-bond donors (Lipinski definition) is 3. The van der Waals surface area contributed by atoms with Crippen LogP contribution in [0.15, 0.2) is 47.4 Å². The molecule has 1 unspecified atom stereocenters. The second-order valence-corrected chi connectivity index (χ2v) is 6.31. The van der Waals surface area contributed by atoms with E-state index in [-0.39, 0.29) is 18.8 Å². The summed E-state index contributed by atoms with van der Waals surface area (Å²) in [7, 11) is 0. The maximum atomic E-state index is 11.1. The summed E-state index contributed by atoms with van der Waals surface area (Å²) in [5.41, 5.74) is 3.02. The highest BCUT2D eigenvalue weighted by Gasteiger charge is 2.07. The molecular weight excluding hydrogens is 344 g/mol. The molecule has 1 atom stereocenters. The van der Waals surface area contributed by atoms with Gasteiger partial charge in [-0.1, -0.05) is 31.2 Å². The number of aliphatic hydroxyl groups is 2. The average molecular weight is 372 g/mol. The Bertz CT molecular complexity index is 735. The van der Waals surface area contributed by atoms with Gasteiger partial charge in [-0.3, -0.25) is 4.79 Å². The maximum Gasteiger partial charge on any atom is 0.247 e. The number of nitrogens with zero attached hydrogens (tertiary/aromatic N) is 1. The Morgan fingerprint density at radius 2 is 1.81 bits per heavy atom. The summed E-state index contributed by atoms with van der Waals surface area (Å²) in [5.74, 6) is 0. The second-order valence-electron chi connectivity index (χ2n) is 6.31. The van der Waals surface area contributed by atoms with E-state index in [4.69, 9.17) is 9.84 Å². The van der Waals surface area contributed by atoms with Crippen LogP contribution in [0.25, 0.3) is 12.2 Å². The lowest BCUT2D eigenvalue weighted by Crippen LogP contribution is -2.29. The largest absolute Gasteiger partial charge is 0.394 e. The first-order chi connectivity index (χ1) is 13.1. The van der Waals surface area contributed by atoms with Crippen molar-refractivity contribution in [3.63, 3.8) is 0 Å². The van der Waals surface area contributed by atoms with Crippen LogP contribution < -0.4 is 10.5 Å². The third-order valence-electron chi connectivity index (χ3n) is 4.05. The molecular formula is C21H28N2O4. The number of anilines is 1. The Hall–Kier alpha value is -2.41. The Kier molecular flexibility index (Phi) is 8.77. The molecule has 0 radical (unpaired) electrons. The Balaban J connectivity index is 1.93. The Morgan fingerprint density at radius 1 is 1.11 bits per heavy atom. The number of pyridine rings is 1.